The molecule has 136 valence electrons. The summed E-state index contributed by atoms with van der Waals surface area (Å²) in [5, 5.41) is 8.22. The molecule has 4 amide bonds. The summed E-state index contributed by atoms with van der Waals surface area (Å²) in [6.45, 7) is 1.04. The summed E-state index contributed by atoms with van der Waals surface area (Å²) in [6.07, 6.45) is 1.39. The van der Waals surface area contributed by atoms with E-state index in [-0.39, 0.29) is 30.5 Å². The highest BCUT2D eigenvalue weighted by Crippen LogP contribution is 2.16. The number of likely N-dealkylation sites (tertiary alicyclic amines) is 1. The SMILES string of the molecule is CNC(=O)Cc1ccccc1NC(=O)N[C@H]1CCCN(C(=O)OC)C1. The van der Waals surface area contributed by atoms with Gasteiger partial charge in [-0.25, -0.2) is 9.59 Å². The average Bonchev–Trinajstić information content (AvgIpc) is 2.62. The van der Waals surface area contributed by atoms with Crippen LogP contribution in [0.5, 0.6) is 0 Å². The molecule has 0 bridgehead atoms. The van der Waals surface area contributed by atoms with Crippen molar-refractivity contribution in [3.63, 3.8) is 0 Å². The number of amides is 4. The van der Waals surface area contributed by atoms with Gasteiger partial charge in [-0.2, -0.15) is 0 Å². The zero-order valence-corrected chi connectivity index (χ0v) is 14.5. The van der Waals surface area contributed by atoms with Gasteiger partial charge in [0.2, 0.25) is 5.91 Å². The molecule has 3 N–H and O–H groups in total. The van der Waals surface area contributed by atoms with E-state index < -0.39 is 0 Å². The first kappa shape index (κ1) is 18.6. The molecule has 0 aliphatic carbocycles. The van der Waals surface area contributed by atoms with Crippen LogP contribution in [0.1, 0.15) is 18.4 Å². The third kappa shape index (κ3) is 5.37. The fourth-order valence-corrected chi connectivity index (χ4v) is 2.79. The Hall–Kier alpha value is -2.77. The minimum Gasteiger partial charge on any atom is -0.453 e. The van der Waals surface area contributed by atoms with Crippen molar-refractivity contribution in [1.29, 1.82) is 0 Å². The lowest BCUT2D eigenvalue weighted by Gasteiger charge is -2.32. The number of para-hydroxylation sites is 1. The molecule has 1 fully saturated rings. The minimum atomic E-state index is -0.386. The van der Waals surface area contributed by atoms with E-state index in [9.17, 15) is 14.4 Å². The lowest BCUT2D eigenvalue weighted by atomic mass is 10.1. The molecule has 1 aromatic rings. The molecule has 2 rings (SSSR count). The van der Waals surface area contributed by atoms with E-state index in [1.54, 1.807) is 30.1 Å². The number of piperidine rings is 1. The number of benzene rings is 1. The van der Waals surface area contributed by atoms with Gasteiger partial charge in [-0.15, -0.1) is 0 Å². The van der Waals surface area contributed by atoms with Gasteiger partial charge in [-0.3, -0.25) is 4.79 Å². The quantitative estimate of drug-likeness (QED) is 0.764. The highest BCUT2D eigenvalue weighted by atomic mass is 16.5. The van der Waals surface area contributed by atoms with Crippen LogP contribution < -0.4 is 16.0 Å². The Labute approximate surface area is 146 Å². The fraction of sp³-hybridized carbons (Fsp3) is 0.471. The Morgan fingerprint density at radius 1 is 1.28 bits per heavy atom. The largest absolute Gasteiger partial charge is 0.453 e. The van der Waals surface area contributed by atoms with Gasteiger partial charge in [0, 0.05) is 31.9 Å². The molecule has 1 heterocycles. The number of carbonyl (C=O) groups is 3. The van der Waals surface area contributed by atoms with Crippen LogP contribution in [0, 0.1) is 0 Å². The molecule has 0 saturated carbocycles. The summed E-state index contributed by atoms with van der Waals surface area (Å²) < 4.78 is 4.72. The van der Waals surface area contributed by atoms with E-state index >= 15 is 0 Å². The van der Waals surface area contributed by atoms with Gasteiger partial charge in [0.25, 0.3) is 0 Å². The molecule has 0 unspecified atom stereocenters. The predicted octanol–water partition coefficient (Wildman–Crippen LogP) is 1.33. The van der Waals surface area contributed by atoms with E-state index in [4.69, 9.17) is 4.74 Å². The molecule has 1 aliphatic heterocycles. The summed E-state index contributed by atoms with van der Waals surface area (Å²) in [5.41, 5.74) is 1.32. The van der Waals surface area contributed by atoms with Crippen molar-refractivity contribution in [3.05, 3.63) is 29.8 Å². The van der Waals surface area contributed by atoms with Crippen LogP contribution in [0.3, 0.4) is 0 Å². The average molecular weight is 348 g/mol. The number of nitrogens with one attached hydrogen (secondary N) is 3. The zero-order valence-electron chi connectivity index (χ0n) is 14.5. The van der Waals surface area contributed by atoms with Crippen molar-refractivity contribution in [2.75, 3.05) is 32.6 Å². The van der Waals surface area contributed by atoms with Crippen LogP contribution >= 0.6 is 0 Å². The maximum Gasteiger partial charge on any atom is 0.409 e. The topological polar surface area (TPSA) is 99.8 Å². The standard InChI is InChI=1S/C17H24N4O4/c1-18-15(22)10-12-6-3-4-8-14(12)20-16(23)19-13-7-5-9-21(11-13)17(24)25-2/h3-4,6,8,13H,5,7,9-11H2,1-2H3,(H,18,22)(H2,19,20,23)/t13-/m0/s1. The van der Waals surface area contributed by atoms with Gasteiger partial charge < -0.3 is 25.6 Å². The predicted molar refractivity (Wildman–Crippen MR) is 93.4 cm³/mol. The third-order valence-electron chi connectivity index (χ3n) is 4.08. The van der Waals surface area contributed by atoms with Crippen LogP contribution in [-0.2, 0) is 16.0 Å². The molecule has 1 atom stereocenters. The second kappa shape index (κ2) is 8.91. The fourth-order valence-electron chi connectivity index (χ4n) is 2.79. The van der Waals surface area contributed by atoms with Crippen LogP contribution in [0.25, 0.3) is 0 Å². The van der Waals surface area contributed by atoms with E-state index in [0.717, 1.165) is 18.4 Å². The number of hydrogen-bond acceptors (Lipinski definition) is 4. The maximum absolute atomic E-state index is 12.3. The lowest BCUT2D eigenvalue weighted by molar-refractivity contribution is -0.119. The number of hydrogen-bond donors (Lipinski definition) is 3. The van der Waals surface area contributed by atoms with Crippen LogP contribution in [0.15, 0.2) is 24.3 Å². The minimum absolute atomic E-state index is 0.129. The first-order chi connectivity index (χ1) is 12.0. The molecule has 0 radical (unpaired) electrons. The number of ether oxygens (including phenoxy) is 1. The highest BCUT2D eigenvalue weighted by Gasteiger charge is 2.25. The highest BCUT2D eigenvalue weighted by molar-refractivity contribution is 5.91. The van der Waals surface area contributed by atoms with Crippen molar-refractivity contribution >= 4 is 23.7 Å². The molecule has 8 nitrogen and oxygen atoms in total. The van der Waals surface area contributed by atoms with Gasteiger partial charge in [-0.1, -0.05) is 18.2 Å². The summed E-state index contributed by atoms with van der Waals surface area (Å²) >= 11 is 0. The van der Waals surface area contributed by atoms with Gasteiger partial charge >= 0.3 is 12.1 Å². The second-order valence-corrected chi connectivity index (χ2v) is 5.86. The Kier molecular flexibility index (Phi) is 6.62. The van der Waals surface area contributed by atoms with Gasteiger partial charge in [0.05, 0.1) is 13.5 Å². The lowest BCUT2D eigenvalue weighted by Crippen LogP contribution is -2.50. The molecule has 0 spiro atoms. The summed E-state index contributed by atoms with van der Waals surface area (Å²) in [5.74, 6) is -0.129. The number of methoxy groups -OCH3 is 1. The molecule has 8 heteroatoms. The molecular weight excluding hydrogens is 324 g/mol. The smallest absolute Gasteiger partial charge is 0.409 e. The zero-order chi connectivity index (χ0) is 18.2. The van der Waals surface area contributed by atoms with Gasteiger partial charge in [0.15, 0.2) is 0 Å². The number of rotatable bonds is 4. The van der Waals surface area contributed by atoms with Crippen molar-refractivity contribution in [3.8, 4) is 0 Å². The van der Waals surface area contributed by atoms with Crippen LogP contribution in [-0.4, -0.2) is 56.2 Å². The number of carbonyl (C=O) groups excluding carboxylic acids is 3. The van der Waals surface area contributed by atoms with Gasteiger partial charge in [-0.05, 0) is 24.5 Å². The summed E-state index contributed by atoms with van der Waals surface area (Å²) in [7, 11) is 2.91. The second-order valence-electron chi connectivity index (χ2n) is 5.86. The van der Waals surface area contributed by atoms with Crippen molar-refractivity contribution in [2.24, 2.45) is 0 Å². The molecule has 25 heavy (non-hydrogen) atoms. The van der Waals surface area contributed by atoms with E-state index in [2.05, 4.69) is 16.0 Å². The van der Waals surface area contributed by atoms with Crippen LogP contribution in [0.2, 0.25) is 0 Å². The third-order valence-corrected chi connectivity index (χ3v) is 4.08. The summed E-state index contributed by atoms with van der Waals surface area (Å²) in [4.78, 5) is 37.0. The maximum atomic E-state index is 12.3. The monoisotopic (exact) mass is 348 g/mol. The van der Waals surface area contributed by atoms with Crippen molar-refractivity contribution in [2.45, 2.75) is 25.3 Å². The first-order valence-corrected chi connectivity index (χ1v) is 8.22. The van der Waals surface area contributed by atoms with E-state index in [1.807, 2.05) is 6.07 Å². The Bertz CT molecular complexity index is 635. The summed E-state index contributed by atoms with van der Waals surface area (Å²) in [6, 6.07) is 6.66. The number of urea groups is 1. The molecule has 1 aliphatic rings. The van der Waals surface area contributed by atoms with E-state index in [0.29, 0.717) is 18.8 Å². The molecule has 1 saturated heterocycles. The van der Waals surface area contributed by atoms with Crippen LogP contribution in [0.4, 0.5) is 15.3 Å². The van der Waals surface area contributed by atoms with E-state index in [1.165, 1.54) is 7.11 Å². The first-order valence-electron chi connectivity index (χ1n) is 8.22. The Balaban J connectivity index is 1.94. The number of likely N-dealkylation sites (N-methyl/N-ethyl adjacent to an activating group) is 1. The Morgan fingerprint density at radius 3 is 2.76 bits per heavy atom. The number of nitrogens with zero attached hydrogens (tertiary/aromatic N) is 1. The molecule has 0 aromatic heterocycles. The number of anilines is 1. The molecular formula is C17H24N4O4. The van der Waals surface area contributed by atoms with Crippen molar-refractivity contribution < 1.29 is 19.1 Å². The van der Waals surface area contributed by atoms with Gasteiger partial charge in [0.1, 0.15) is 0 Å². The molecule has 1 aromatic carbocycles. The Morgan fingerprint density at radius 2 is 2.04 bits per heavy atom. The van der Waals surface area contributed by atoms with Crippen molar-refractivity contribution in [1.82, 2.24) is 15.5 Å². The normalized spacial score (nSPS) is 16.7.